The average molecular weight is 1200 g/mol. The first kappa shape index (κ1) is 44.6. The van der Waals surface area contributed by atoms with Crippen molar-refractivity contribution in [3.63, 3.8) is 0 Å². The average Bonchev–Trinajstić information content (AvgIpc) is 3.27. The third kappa shape index (κ3) is 8.30. The van der Waals surface area contributed by atoms with Gasteiger partial charge >= 0.3 is 0 Å². The summed E-state index contributed by atoms with van der Waals surface area (Å²) in [4.78, 5) is 4.89. The van der Waals surface area contributed by atoms with Crippen molar-refractivity contribution in [2.24, 2.45) is 0 Å². The zero-order valence-corrected chi connectivity index (χ0v) is 48.2. The van der Waals surface area contributed by atoms with Crippen LogP contribution in [0.15, 0.2) is 158 Å². The van der Waals surface area contributed by atoms with Crippen LogP contribution in [0.25, 0.3) is 94.5 Å². The number of para-hydroxylation sites is 2. The van der Waals surface area contributed by atoms with E-state index in [1.165, 1.54) is 16.7 Å². The molecule has 0 amide bonds. The molecule has 392 valence electrons. The van der Waals surface area contributed by atoms with Gasteiger partial charge in [0.05, 0.1) is 16.7 Å². The maximum Gasteiger partial charge on any atom is 0.268 e. The number of aromatic nitrogens is 4. The van der Waals surface area contributed by atoms with Crippen molar-refractivity contribution in [2.75, 3.05) is 0 Å². The molecule has 0 saturated carbocycles. The van der Waals surface area contributed by atoms with Crippen LogP contribution in [0.3, 0.4) is 0 Å². The Morgan fingerprint density at radius 3 is 1.87 bits per heavy atom. The van der Waals surface area contributed by atoms with Gasteiger partial charge in [-0.2, -0.15) is 18.2 Å². The molecule has 0 fully saturated rings. The smallest absolute Gasteiger partial charge is 0.268 e. The molecule has 1 aliphatic heterocycles. The second-order valence-corrected chi connectivity index (χ2v) is 24.7. The Balaban J connectivity index is 0.00000694. The van der Waals surface area contributed by atoms with Gasteiger partial charge in [0, 0.05) is 52.5 Å². The topological polar surface area (TPSA) is 35.9 Å². The van der Waals surface area contributed by atoms with Crippen molar-refractivity contribution in [1.29, 1.82) is 0 Å². The third-order valence-electron chi connectivity index (χ3n) is 16.6. The summed E-state index contributed by atoms with van der Waals surface area (Å²) in [6, 6.07) is 58.3. The standard InChI is InChI=1S/C72H66N4O.Pt/c1-44-20-17-21-45(2)66(44)59-37-47(70(6,7)8)36-58-57-42-61-60(71(9,10)33-34-72(61,11)12)41-56(57)52-25-14-13-24-51(52)55-27-19-29-63-68(55)75(67(58)59)43-74(63)48-22-18-23-49(39-48)77-50-30-31-54-53-26-15-16-28-62(53)76(64(54)40-50)65-38-46(32-35-73-65)69(3,4)5;/h13-32,35-38,41-42H,33-34H2,1-12H3;/q-2;/i1D3,2D3;. The first-order valence-electron chi connectivity index (χ1n) is 29.9. The Hall–Kier alpha value is -7.33. The van der Waals surface area contributed by atoms with E-state index in [0.29, 0.717) is 28.4 Å². The number of imidazole rings is 1. The van der Waals surface area contributed by atoms with E-state index >= 15 is 0 Å². The van der Waals surface area contributed by atoms with Crippen LogP contribution < -0.4 is 9.30 Å². The van der Waals surface area contributed by atoms with Crippen molar-refractivity contribution in [1.82, 2.24) is 14.1 Å². The SMILES string of the molecule is [2H]C([2H])([2H])c1cccc(C([2H])([2H])[2H])c1-c1cc(C(C)(C)C)cc2c1-[n+]1[c-]n(-c3[c-]c(Oc4[c-]c5c(cc4)c4ccccc4n5-c4cc(C(C)(C)C)ccn4)ccc3)c3cccc(c31)-c1ccccc1-c1cc3c(cc1-2)C(C)(C)CCC3(C)C.[Pt]. The number of ether oxygens (including phenoxy) is 1. The van der Waals surface area contributed by atoms with Crippen LogP contribution >= 0.6 is 0 Å². The van der Waals surface area contributed by atoms with Gasteiger partial charge in [-0.05, 0) is 161 Å². The van der Waals surface area contributed by atoms with E-state index in [4.69, 9.17) is 17.9 Å². The molecule has 0 saturated heterocycles. The molecule has 8 aromatic carbocycles. The van der Waals surface area contributed by atoms with Crippen LogP contribution in [0, 0.1) is 32.2 Å². The van der Waals surface area contributed by atoms with E-state index in [1.807, 2.05) is 47.2 Å². The van der Waals surface area contributed by atoms with Crippen LogP contribution in [0.4, 0.5) is 0 Å². The quantitative estimate of drug-likeness (QED) is 0.127. The Morgan fingerprint density at radius 2 is 1.17 bits per heavy atom. The number of pyridine rings is 1. The Labute approximate surface area is 483 Å². The molecule has 4 heterocycles. The van der Waals surface area contributed by atoms with Gasteiger partial charge < -0.3 is 13.9 Å². The van der Waals surface area contributed by atoms with Crippen molar-refractivity contribution in [3.8, 4) is 73.2 Å². The van der Waals surface area contributed by atoms with E-state index in [-0.39, 0.29) is 54.0 Å². The molecular formula is C72H66N4OPt-2. The maximum atomic E-state index is 9.08. The Morgan fingerprint density at radius 1 is 0.564 bits per heavy atom. The largest absolute Gasteiger partial charge is 0.510 e. The molecular weight excluding hydrogens is 1130 g/mol. The summed E-state index contributed by atoms with van der Waals surface area (Å²) in [6.07, 6.45) is 7.75. The summed E-state index contributed by atoms with van der Waals surface area (Å²) in [5.41, 5.74) is 14.9. The molecule has 1 aliphatic carbocycles. The predicted molar refractivity (Wildman–Crippen MR) is 317 cm³/mol. The normalized spacial score (nSPS) is 15.9. The molecule has 5 nitrogen and oxygen atoms in total. The summed E-state index contributed by atoms with van der Waals surface area (Å²) in [7, 11) is 0. The fraction of sp³-hybridized carbons (Fsp3) is 0.250. The molecule has 11 aromatic rings. The third-order valence-corrected chi connectivity index (χ3v) is 16.6. The molecule has 0 bridgehead atoms. The minimum atomic E-state index is -2.68. The summed E-state index contributed by atoms with van der Waals surface area (Å²) in [5, 5.41) is 2.10. The summed E-state index contributed by atoms with van der Waals surface area (Å²) >= 11 is 0. The Kier molecular flexibility index (Phi) is 10.5. The fourth-order valence-corrected chi connectivity index (χ4v) is 12.2. The van der Waals surface area contributed by atoms with Gasteiger partial charge in [-0.3, -0.25) is 4.57 Å². The van der Waals surface area contributed by atoms with Gasteiger partial charge in [0.1, 0.15) is 5.82 Å². The van der Waals surface area contributed by atoms with Gasteiger partial charge in [-0.25, -0.2) is 4.98 Å². The fourth-order valence-electron chi connectivity index (χ4n) is 12.2. The van der Waals surface area contributed by atoms with Crippen molar-refractivity contribution >= 4 is 32.8 Å². The summed E-state index contributed by atoms with van der Waals surface area (Å²) in [5.74, 6) is 1.74. The number of benzene rings is 8. The molecule has 3 aromatic heterocycles. The van der Waals surface area contributed by atoms with Gasteiger partial charge in [0.15, 0.2) is 0 Å². The van der Waals surface area contributed by atoms with Crippen LogP contribution in [0.1, 0.15) is 124 Å². The van der Waals surface area contributed by atoms with E-state index in [0.717, 1.165) is 90.4 Å². The molecule has 78 heavy (non-hydrogen) atoms. The van der Waals surface area contributed by atoms with E-state index in [2.05, 4.69) is 194 Å². The van der Waals surface area contributed by atoms with Crippen molar-refractivity contribution in [3.05, 3.63) is 210 Å². The first-order valence-corrected chi connectivity index (χ1v) is 26.9. The second kappa shape index (κ2) is 18.4. The van der Waals surface area contributed by atoms with Gasteiger partial charge in [-0.1, -0.05) is 172 Å². The number of aryl methyl sites for hydroxylation is 2. The van der Waals surface area contributed by atoms with Gasteiger partial charge in [-0.15, -0.1) is 29.7 Å². The van der Waals surface area contributed by atoms with E-state index in [9.17, 15) is 0 Å². The number of hydrogen-bond donors (Lipinski definition) is 0. The molecule has 0 spiro atoms. The van der Waals surface area contributed by atoms with Crippen molar-refractivity contribution < 1.29 is 38.6 Å². The summed E-state index contributed by atoms with van der Waals surface area (Å²) < 4.78 is 67.5. The van der Waals surface area contributed by atoms with Gasteiger partial charge in [0.25, 0.3) is 6.33 Å². The van der Waals surface area contributed by atoms with Crippen LogP contribution in [-0.4, -0.2) is 14.1 Å². The molecule has 0 radical (unpaired) electrons. The zero-order valence-electron chi connectivity index (χ0n) is 51.9. The monoisotopic (exact) mass is 1200 g/mol. The first-order chi connectivity index (χ1) is 39.2. The number of hydrogen-bond acceptors (Lipinski definition) is 2. The minimum absolute atomic E-state index is 0. The summed E-state index contributed by atoms with van der Waals surface area (Å²) in [6.45, 7) is 17.1. The number of fused-ring (bicyclic) bond motifs is 11. The number of rotatable bonds is 5. The minimum Gasteiger partial charge on any atom is -0.510 e. The van der Waals surface area contributed by atoms with E-state index < -0.39 is 19.1 Å². The van der Waals surface area contributed by atoms with Crippen LogP contribution in [0.5, 0.6) is 11.5 Å². The van der Waals surface area contributed by atoms with Crippen LogP contribution in [-0.2, 0) is 42.7 Å². The molecule has 13 rings (SSSR count). The molecule has 0 unspecified atom stereocenters. The Bertz CT molecular complexity index is 4460. The number of nitrogens with zero attached hydrogens (tertiary/aromatic N) is 4. The molecule has 0 atom stereocenters. The van der Waals surface area contributed by atoms with Crippen LogP contribution in [0.2, 0.25) is 0 Å². The predicted octanol–water partition coefficient (Wildman–Crippen LogP) is 18.1. The molecule has 2 aliphatic rings. The van der Waals surface area contributed by atoms with Gasteiger partial charge in [0.2, 0.25) is 0 Å². The zero-order chi connectivity index (χ0) is 58.5. The van der Waals surface area contributed by atoms with Crippen molar-refractivity contribution in [2.45, 2.75) is 117 Å². The van der Waals surface area contributed by atoms with E-state index in [1.54, 1.807) is 18.2 Å². The maximum absolute atomic E-state index is 9.08. The molecule has 0 N–H and O–H groups in total. The second-order valence-electron chi connectivity index (χ2n) is 24.7. The molecule has 6 heteroatoms.